The molecule has 0 fully saturated rings. The van der Waals surface area contributed by atoms with Crippen molar-refractivity contribution in [3.8, 4) is 5.75 Å². The third-order valence-electron chi connectivity index (χ3n) is 3.63. The zero-order valence-corrected chi connectivity index (χ0v) is 13.2. The molecule has 2 aromatic rings. The van der Waals surface area contributed by atoms with Gasteiger partial charge in [0.2, 0.25) is 0 Å². The van der Waals surface area contributed by atoms with Crippen molar-refractivity contribution in [1.82, 2.24) is 14.9 Å². The Hall–Kier alpha value is -1.81. The molecule has 0 saturated heterocycles. The largest absolute Gasteiger partial charge is 0.487 e. The molecule has 21 heavy (non-hydrogen) atoms. The zero-order valence-electron chi connectivity index (χ0n) is 13.2. The fourth-order valence-electron chi connectivity index (χ4n) is 2.29. The molecule has 0 aliphatic heterocycles. The van der Waals surface area contributed by atoms with Gasteiger partial charge in [-0.25, -0.2) is 4.98 Å². The highest BCUT2D eigenvalue weighted by molar-refractivity contribution is 5.29. The molecule has 1 aromatic heterocycles. The minimum atomic E-state index is 0.427. The molecule has 0 amide bonds. The molecule has 1 N–H and O–H groups in total. The average molecular weight is 287 g/mol. The highest BCUT2D eigenvalue weighted by atomic mass is 16.5. The number of nitrogens with zero attached hydrogens (tertiary/aromatic N) is 2. The van der Waals surface area contributed by atoms with E-state index in [0.717, 1.165) is 30.8 Å². The first kappa shape index (κ1) is 15.6. The second-order valence-corrected chi connectivity index (χ2v) is 5.27. The summed E-state index contributed by atoms with van der Waals surface area (Å²) in [6.45, 7) is 5.99. The lowest BCUT2D eigenvalue weighted by atomic mass is 10.0. The van der Waals surface area contributed by atoms with Crippen LogP contribution in [0.25, 0.3) is 0 Å². The molecule has 4 nitrogen and oxygen atoms in total. The van der Waals surface area contributed by atoms with Gasteiger partial charge in [-0.15, -0.1) is 0 Å². The number of hydrogen-bond donors (Lipinski definition) is 1. The third kappa shape index (κ3) is 4.33. The van der Waals surface area contributed by atoms with Gasteiger partial charge in [0.15, 0.2) is 0 Å². The Balaban J connectivity index is 1.93. The molecule has 0 aliphatic rings. The van der Waals surface area contributed by atoms with Gasteiger partial charge in [0.25, 0.3) is 0 Å². The van der Waals surface area contributed by atoms with E-state index in [9.17, 15) is 0 Å². The van der Waals surface area contributed by atoms with Crippen LogP contribution >= 0.6 is 0 Å². The molecule has 0 spiro atoms. The van der Waals surface area contributed by atoms with Crippen LogP contribution in [0.2, 0.25) is 0 Å². The van der Waals surface area contributed by atoms with Gasteiger partial charge in [-0.1, -0.05) is 26.0 Å². The molecular weight excluding hydrogens is 262 g/mol. The lowest BCUT2D eigenvalue weighted by Gasteiger charge is -2.17. The quantitative estimate of drug-likeness (QED) is 0.808. The van der Waals surface area contributed by atoms with Crippen molar-refractivity contribution in [2.75, 3.05) is 6.54 Å². The molecule has 0 bridgehead atoms. The second-order valence-electron chi connectivity index (χ2n) is 5.27. The Morgan fingerprint density at radius 1 is 1.24 bits per heavy atom. The van der Waals surface area contributed by atoms with Crippen molar-refractivity contribution in [3.63, 3.8) is 0 Å². The van der Waals surface area contributed by atoms with E-state index in [1.54, 1.807) is 6.33 Å². The van der Waals surface area contributed by atoms with E-state index in [1.165, 1.54) is 5.56 Å². The molecule has 1 atom stereocenters. The lowest BCUT2D eigenvalue weighted by molar-refractivity contribution is 0.297. The first-order chi connectivity index (χ1) is 10.2. The normalized spacial score (nSPS) is 12.3. The van der Waals surface area contributed by atoms with Crippen LogP contribution in [0.5, 0.6) is 5.75 Å². The van der Waals surface area contributed by atoms with Crippen molar-refractivity contribution in [2.24, 2.45) is 7.05 Å². The molecular formula is C17H25N3O. The van der Waals surface area contributed by atoms with Gasteiger partial charge >= 0.3 is 0 Å². The molecule has 0 aliphatic carbocycles. The van der Waals surface area contributed by atoms with Gasteiger partial charge in [-0.3, -0.25) is 0 Å². The van der Waals surface area contributed by atoms with E-state index in [-0.39, 0.29) is 0 Å². The van der Waals surface area contributed by atoms with Crippen LogP contribution in [0.4, 0.5) is 0 Å². The summed E-state index contributed by atoms with van der Waals surface area (Å²) in [4.78, 5) is 4.09. The Morgan fingerprint density at radius 2 is 2.00 bits per heavy atom. The summed E-state index contributed by atoms with van der Waals surface area (Å²) >= 11 is 0. The summed E-state index contributed by atoms with van der Waals surface area (Å²) in [5.41, 5.74) is 2.38. The molecule has 0 saturated carbocycles. The summed E-state index contributed by atoms with van der Waals surface area (Å²) < 4.78 is 7.77. The molecule has 114 valence electrons. The topological polar surface area (TPSA) is 39.1 Å². The van der Waals surface area contributed by atoms with E-state index in [1.807, 2.05) is 29.9 Å². The predicted molar refractivity (Wildman–Crippen MR) is 85.3 cm³/mol. The number of hydrogen-bond acceptors (Lipinski definition) is 3. The molecule has 2 rings (SSSR count). The van der Waals surface area contributed by atoms with E-state index < -0.39 is 0 Å². The lowest BCUT2D eigenvalue weighted by Crippen LogP contribution is -2.21. The smallest absolute Gasteiger partial charge is 0.130 e. The fraction of sp³-hybridized carbons (Fsp3) is 0.471. The summed E-state index contributed by atoms with van der Waals surface area (Å²) in [6.07, 6.45) is 5.86. The summed E-state index contributed by atoms with van der Waals surface area (Å²) in [6, 6.07) is 8.81. The van der Waals surface area contributed by atoms with E-state index in [4.69, 9.17) is 4.74 Å². The standard InChI is InChI=1S/C17H25N3O/c1-4-10-19-17(5-2)14-6-8-16(9-7-14)21-12-15-11-18-13-20(15)3/h6-9,11,13,17,19H,4-5,10,12H2,1-3H3. The Labute approximate surface area is 127 Å². The Morgan fingerprint density at radius 3 is 2.57 bits per heavy atom. The molecule has 1 heterocycles. The van der Waals surface area contributed by atoms with Crippen LogP contribution in [0.1, 0.15) is 44.0 Å². The SMILES string of the molecule is CCCNC(CC)c1ccc(OCc2cncn2C)cc1. The highest BCUT2D eigenvalue weighted by Crippen LogP contribution is 2.20. The molecule has 0 radical (unpaired) electrons. The van der Waals surface area contributed by atoms with Gasteiger partial charge in [0.05, 0.1) is 18.2 Å². The second kappa shape index (κ2) is 7.84. The van der Waals surface area contributed by atoms with Crippen LogP contribution in [-0.4, -0.2) is 16.1 Å². The number of nitrogens with one attached hydrogen (secondary N) is 1. The zero-order chi connectivity index (χ0) is 15.1. The maximum absolute atomic E-state index is 5.80. The van der Waals surface area contributed by atoms with Gasteiger partial charge in [0, 0.05) is 13.1 Å². The van der Waals surface area contributed by atoms with Gasteiger partial charge in [0.1, 0.15) is 12.4 Å². The highest BCUT2D eigenvalue weighted by Gasteiger charge is 2.08. The summed E-state index contributed by atoms with van der Waals surface area (Å²) in [7, 11) is 1.97. The summed E-state index contributed by atoms with van der Waals surface area (Å²) in [5.74, 6) is 0.894. The number of aryl methyl sites for hydroxylation is 1. The molecule has 1 unspecified atom stereocenters. The van der Waals surface area contributed by atoms with E-state index in [2.05, 4.69) is 36.3 Å². The van der Waals surface area contributed by atoms with Crippen molar-refractivity contribution in [2.45, 2.75) is 39.3 Å². The first-order valence-corrected chi connectivity index (χ1v) is 7.66. The van der Waals surface area contributed by atoms with Crippen molar-refractivity contribution in [3.05, 3.63) is 48.0 Å². The average Bonchev–Trinajstić information content (AvgIpc) is 2.92. The summed E-state index contributed by atoms with van der Waals surface area (Å²) in [5, 5.41) is 3.56. The molecule has 4 heteroatoms. The van der Waals surface area contributed by atoms with Crippen LogP contribution < -0.4 is 10.1 Å². The van der Waals surface area contributed by atoms with Gasteiger partial charge in [-0.05, 0) is 37.1 Å². The Kier molecular flexibility index (Phi) is 5.81. The minimum absolute atomic E-state index is 0.427. The van der Waals surface area contributed by atoms with E-state index >= 15 is 0 Å². The van der Waals surface area contributed by atoms with Gasteiger partial charge in [-0.2, -0.15) is 0 Å². The maximum Gasteiger partial charge on any atom is 0.130 e. The number of aromatic nitrogens is 2. The van der Waals surface area contributed by atoms with Crippen LogP contribution in [-0.2, 0) is 13.7 Å². The first-order valence-electron chi connectivity index (χ1n) is 7.66. The fourth-order valence-corrected chi connectivity index (χ4v) is 2.29. The van der Waals surface area contributed by atoms with Crippen LogP contribution in [0.15, 0.2) is 36.8 Å². The van der Waals surface area contributed by atoms with Gasteiger partial charge < -0.3 is 14.6 Å². The molecule has 1 aromatic carbocycles. The van der Waals surface area contributed by atoms with Crippen LogP contribution in [0.3, 0.4) is 0 Å². The van der Waals surface area contributed by atoms with Crippen molar-refractivity contribution >= 4 is 0 Å². The number of ether oxygens (including phenoxy) is 1. The predicted octanol–water partition coefficient (Wildman–Crippen LogP) is 3.45. The number of imidazole rings is 1. The number of rotatable bonds is 8. The third-order valence-corrected chi connectivity index (χ3v) is 3.63. The van der Waals surface area contributed by atoms with Crippen LogP contribution in [0, 0.1) is 0 Å². The maximum atomic E-state index is 5.80. The monoisotopic (exact) mass is 287 g/mol. The van der Waals surface area contributed by atoms with Crippen molar-refractivity contribution in [1.29, 1.82) is 0 Å². The number of benzene rings is 1. The minimum Gasteiger partial charge on any atom is -0.487 e. The van der Waals surface area contributed by atoms with E-state index in [0.29, 0.717) is 12.6 Å². The Bertz CT molecular complexity index is 533. The van der Waals surface area contributed by atoms with Crippen molar-refractivity contribution < 1.29 is 4.74 Å².